The lowest BCUT2D eigenvalue weighted by Gasteiger charge is -2.36. The van der Waals surface area contributed by atoms with Crippen LogP contribution in [0.4, 0.5) is 11.6 Å². The molecule has 6 atom stereocenters. The van der Waals surface area contributed by atoms with Crippen molar-refractivity contribution in [2.45, 2.75) is 90.4 Å². The number of anilines is 2. The number of carbonyl (C=O) groups excluding carboxylic acids is 4. The number of morpholine rings is 2. The molecule has 2 aliphatic carbocycles. The number of nitrogens with two attached hydrogens (primary N) is 2. The van der Waals surface area contributed by atoms with Crippen LogP contribution in [-0.4, -0.2) is 95.0 Å². The number of amides is 4. The maximum Gasteiger partial charge on any atom is 0.245 e. The molecule has 0 radical (unpaired) electrons. The zero-order chi connectivity index (χ0) is 45.0. The van der Waals surface area contributed by atoms with Gasteiger partial charge in [0.2, 0.25) is 23.6 Å². The summed E-state index contributed by atoms with van der Waals surface area (Å²) >= 11 is 0. The molecule has 64 heavy (non-hydrogen) atoms. The predicted molar refractivity (Wildman–Crippen MR) is 245 cm³/mol. The Labute approximate surface area is 376 Å². The van der Waals surface area contributed by atoms with Gasteiger partial charge in [-0.15, -0.1) is 0 Å². The van der Waals surface area contributed by atoms with Crippen LogP contribution in [0.15, 0.2) is 84.9 Å². The zero-order valence-corrected chi connectivity index (χ0v) is 37.3. The van der Waals surface area contributed by atoms with Crippen LogP contribution in [0.5, 0.6) is 0 Å². The Morgan fingerprint density at radius 3 is 1.39 bits per heavy atom. The molecule has 0 unspecified atom stereocenters. The second-order valence-corrected chi connectivity index (χ2v) is 17.8. The van der Waals surface area contributed by atoms with E-state index in [0.29, 0.717) is 62.9 Å². The number of nitrogens with zero attached hydrogens (tertiary/aromatic N) is 4. The minimum atomic E-state index is -0.591. The quantitative estimate of drug-likeness (QED) is 0.151. The van der Waals surface area contributed by atoms with Gasteiger partial charge in [-0.3, -0.25) is 19.2 Å². The highest BCUT2D eigenvalue weighted by Crippen LogP contribution is 2.36. The maximum atomic E-state index is 13.3. The first kappa shape index (κ1) is 46.1. The molecule has 2 aromatic heterocycles. The van der Waals surface area contributed by atoms with Crippen molar-refractivity contribution in [3.05, 3.63) is 119 Å². The third-order valence-electron chi connectivity index (χ3n) is 13.3. The molecule has 2 aliphatic heterocycles. The smallest absolute Gasteiger partial charge is 0.245 e. The van der Waals surface area contributed by atoms with Crippen molar-refractivity contribution in [2.24, 2.45) is 23.7 Å². The van der Waals surface area contributed by atoms with Crippen molar-refractivity contribution < 1.29 is 28.7 Å². The average molecular weight is 873 g/mol. The first-order valence-corrected chi connectivity index (χ1v) is 22.9. The van der Waals surface area contributed by atoms with Crippen LogP contribution in [0.3, 0.4) is 0 Å². The molecule has 340 valence electrons. The third kappa shape index (κ3) is 12.2. The van der Waals surface area contributed by atoms with Crippen molar-refractivity contribution in [2.75, 3.05) is 51.0 Å². The number of carbonyl (C=O) groups is 4. The molecule has 2 saturated carbocycles. The summed E-state index contributed by atoms with van der Waals surface area (Å²) in [5.41, 5.74) is 17.4. The number of aryl methyl sites for hydroxylation is 2. The van der Waals surface area contributed by atoms with E-state index >= 15 is 0 Å². The highest BCUT2D eigenvalue weighted by atomic mass is 16.5. The molecular weight excluding hydrogens is 809 g/mol. The Balaban J connectivity index is 0.000000191. The van der Waals surface area contributed by atoms with Gasteiger partial charge in [0.15, 0.2) is 0 Å². The van der Waals surface area contributed by atoms with E-state index in [-0.39, 0.29) is 48.7 Å². The van der Waals surface area contributed by atoms with Gasteiger partial charge in [0.1, 0.15) is 23.7 Å². The van der Waals surface area contributed by atoms with Crippen molar-refractivity contribution in [3.8, 4) is 0 Å². The maximum absolute atomic E-state index is 13.3. The summed E-state index contributed by atoms with van der Waals surface area (Å²) in [6.07, 6.45) is 7.66. The average Bonchev–Trinajstić information content (AvgIpc) is 3.99. The van der Waals surface area contributed by atoms with Crippen LogP contribution in [0.1, 0.15) is 72.2 Å². The van der Waals surface area contributed by atoms with Gasteiger partial charge in [-0.2, -0.15) is 0 Å². The van der Waals surface area contributed by atoms with Crippen LogP contribution in [0.2, 0.25) is 0 Å². The fraction of sp³-hybridized carbons (Fsp3) is 0.480. The summed E-state index contributed by atoms with van der Waals surface area (Å²) in [4.78, 5) is 64.5. The first-order chi connectivity index (χ1) is 31.0. The van der Waals surface area contributed by atoms with Crippen molar-refractivity contribution in [1.82, 2.24) is 30.4 Å². The first-order valence-electron chi connectivity index (χ1n) is 22.9. The Morgan fingerprint density at radius 2 is 1.00 bits per heavy atom. The van der Waals surface area contributed by atoms with E-state index in [1.807, 2.05) is 38.1 Å². The molecule has 4 amide bonds. The fourth-order valence-electron chi connectivity index (χ4n) is 9.70. The highest BCUT2D eigenvalue weighted by molar-refractivity contribution is 5.90. The molecule has 4 fully saturated rings. The Kier molecular flexibility index (Phi) is 16.0. The molecule has 14 nitrogen and oxygen atoms in total. The number of rotatable bonds is 12. The van der Waals surface area contributed by atoms with E-state index in [0.717, 1.165) is 73.9 Å². The number of hydrogen-bond acceptors (Lipinski definition) is 10. The standard InChI is InChI=1S/2C25H32N4O3/c2*1-17-21(9-10-23(26)28-17)15-27-24(30)22-16-32-12-11-29(22)25(31)20-8-7-19(14-20)13-18-5-3-2-4-6-18/h2*2-6,9-10,19-20,22H,7-8,11-16H2,1H3,(H2,26,28)(H,27,30)/t2*19-,20+,22-/m00/s1. The van der Waals surface area contributed by atoms with Crippen LogP contribution in [0, 0.1) is 37.5 Å². The molecule has 2 saturated heterocycles. The van der Waals surface area contributed by atoms with Crippen LogP contribution >= 0.6 is 0 Å². The SMILES string of the molecule is Cc1nc(N)ccc1CNC(=O)[C@@H]1COCCN1C(=O)[C@@H]1CC[C@@H](Cc2ccccc2)C1.Cc1nc(N)ccc1CNC(=O)[C@@H]1COCCN1C(=O)[C@@H]1CC[C@@H](Cc2ccccc2)C1. The summed E-state index contributed by atoms with van der Waals surface area (Å²) < 4.78 is 11.1. The second-order valence-electron chi connectivity index (χ2n) is 17.8. The number of benzene rings is 2. The lowest BCUT2D eigenvalue weighted by molar-refractivity contribution is -0.151. The normalized spacial score (nSPS) is 23.2. The van der Waals surface area contributed by atoms with E-state index in [4.69, 9.17) is 20.9 Å². The van der Waals surface area contributed by atoms with Crippen LogP contribution < -0.4 is 22.1 Å². The monoisotopic (exact) mass is 872 g/mol. The van der Waals surface area contributed by atoms with E-state index in [9.17, 15) is 19.2 Å². The number of aromatic nitrogens is 2. The number of nitrogen functional groups attached to an aromatic ring is 2. The van der Waals surface area contributed by atoms with Gasteiger partial charge in [0, 0.05) is 49.4 Å². The number of nitrogens with one attached hydrogen (secondary N) is 2. The van der Waals surface area contributed by atoms with Crippen molar-refractivity contribution >= 4 is 35.3 Å². The van der Waals surface area contributed by atoms with Gasteiger partial charge in [-0.25, -0.2) is 9.97 Å². The molecule has 8 rings (SSSR count). The summed E-state index contributed by atoms with van der Waals surface area (Å²) in [7, 11) is 0. The summed E-state index contributed by atoms with van der Waals surface area (Å²) in [6, 6.07) is 26.9. The second kappa shape index (κ2) is 22.2. The van der Waals surface area contributed by atoms with E-state index < -0.39 is 12.1 Å². The van der Waals surface area contributed by atoms with Gasteiger partial charge in [0.25, 0.3) is 0 Å². The van der Waals surface area contributed by atoms with Crippen molar-refractivity contribution in [1.29, 1.82) is 0 Å². The van der Waals surface area contributed by atoms with Crippen LogP contribution in [-0.2, 0) is 54.6 Å². The zero-order valence-electron chi connectivity index (χ0n) is 37.3. The predicted octanol–water partition coefficient (Wildman–Crippen LogP) is 4.95. The number of ether oxygens (including phenoxy) is 2. The Bertz CT molecular complexity index is 2050. The summed E-state index contributed by atoms with van der Waals surface area (Å²) in [5.74, 6) is 1.72. The molecule has 4 heterocycles. The Hall–Kier alpha value is -5.86. The van der Waals surface area contributed by atoms with E-state index in [1.165, 1.54) is 11.1 Å². The molecule has 6 N–H and O–H groups in total. The van der Waals surface area contributed by atoms with Crippen molar-refractivity contribution in [3.63, 3.8) is 0 Å². The molecule has 2 aromatic carbocycles. The number of pyridine rings is 2. The molecule has 0 bridgehead atoms. The minimum Gasteiger partial charge on any atom is -0.384 e. The third-order valence-corrected chi connectivity index (χ3v) is 13.3. The van der Waals surface area contributed by atoms with Gasteiger partial charge < -0.3 is 41.4 Å². The molecular formula is C50H64N8O6. The lowest BCUT2D eigenvalue weighted by atomic mass is 9.96. The number of hydrogen-bond donors (Lipinski definition) is 4. The van der Waals surface area contributed by atoms with Gasteiger partial charge in [0.05, 0.1) is 26.4 Å². The topological polar surface area (TPSA) is 195 Å². The summed E-state index contributed by atoms with van der Waals surface area (Å²) in [6.45, 7) is 6.74. The summed E-state index contributed by atoms with van der Waals surface area (Å²) in [5, 5.41) is 5.90. The minimum absolute atomic E-state index is 0.0133. The Morgan fingerprint density at radius 1 is 0.594 bits per heavy atom. The van der Waals surface area contributed by atoms with Gasteiger partial charge >= 0.3 is 0 Å². The van der Waals surface area contributed by atoms with E-state index in [2.05, 4.69) is 69.1 Å². The molecule has 4 aromatic rings. The van der Waals surface area contributed by atoms with Crippen LogP contribution in [0.25, 0.3) is 0 Å². The van der Waals surface area contributed by atoms with Gasteiger partial charge in [-0.1, -0.05) is 72.8 Å². The fourth-order valence-corrected chi connectivity index (χ4v) is 9.70. The molecule has 14 heteroatoms. The highest BCUT2D eigenvalue weighted by Gasteiger charge is 2.40. The van der Waals surface area contributed by atoms with E-state index in [1.54, 1.807) is 21.9 Å². The molecule has 0 spiro atoms. The van der Waals surface area contributed by atoms with Gasteiger partial charge in [-0.05, 0) is 111 Å². The lowest BCUT2D eigenvalue weighted by Crippen LogP contribution is -2.57. The molecule has 4 aliphatic rings. The largest absolute Gasteiger partial charge is 0.384 e.